The van der Waals surface area contributed by atoms with Crippen molar-refractivity contribution in [2.45, 2.75) is 53.1 Å². The van der Waals surface area contributed by atoms with Gasteiger partial charge in [0, 0.05) is 19.7 Å². The van der Waals surface area contributed by atoms with Crippen molar-refractivity contribution in [3.05, 3.63) is 16.4 Å². The van der Waals surface area contributed by atoms with Crippen LogP contribution in [0.5, 0.6) is 0 Å². The van der Waals surface area contributed by atoms with E-state index in [9.17, 15) is 0 Å². The van der Waals surface area contributed by atoms with E-state index in [1.54, 1.807) is 0 Å². The molecule has 0 fully saturated rings. The Morgan fingerprint density at radius 3 is 2.68 bits per heavy atom. The molecule has 1 unspecified atom stereocenters. The third-order valence-corrected chi connectivity index (χ3v) is 3.90. The zero-order valence-corrected chi connectivity index (χ0v) is 13.0. The summed E-state index contributed by atoms with van der Waals surface area (Å²) in [4.78, 5) is 0. The molecule has 1 rings (SSSR count). The first-order chi connectivity index (χ1) is 9.13. The second-order valence-corrected chi connectivity index (χ2v) is 5.34. The average Bonchev–Trinajstić information content (AvgIpc) is 2.66. The van der Waals surface area contributed by atoms with E-state index in [2.05, 4.69) is 24.3 Å². The van der Waals surface area contributed by atoms with E-state index in [0.717, 1.165) is 55.3 Å². The average molecular weight is 288 g/mol. The summed E-state index contributed by atoms with van der Waals surface area (Å²) < 4.78 is 1.95. The van der Waals surface area contributed by atoms with E-state index < -0.39 is 0 Å². The maximum Gasteiger partial charge on any atom is 0.0860 e. The van der Waals surface area contributed by atoms with Gasteiger partial charge in [0.1, 0.15) is 0 Å². The van der Waals surface area contributed by atoms with Gasteiger partial charge in [0.05, 0.1) is 16.4 Å². The highest BCUT2D eigenvalue weighted by atomic mass is 35.5. The molecule has 19 heavy (non-hydrogen) atoms. The molecule has 1 heterocycles. The Hall–Kier alpha value is -0.580. The summed E-state index contributed by atoms with van der Waals surface area (Å²) in [6.45, 7) is 8.93. The first kappa shape index (κ1) is 16.5. The van der Waals surface area contributed by atoms with Crippen LogP contribution in [0.1, 0.15) is 44.5 Å². The highest BCUT2D eigenvalue weighted by Crippen LogP contribution is 2.20. The number of aromatic nitrogens is 2. The molecular weight excluding hydrogens is 262 g/mol. The van der Waals surface area contributed by atoms with E-state index in [0.29, 0.717) is 5.92 Å². The van der Waals surface area contributed by atoms with Crippen LogP contribution < -0.4 is 5.32 Å². The minimum Gasteiger partial charge on any atom is -0.396 e. The van der Waals surface area contributed by atoms with Gasteiger partial charge < -0.3 is 10.4 Å². The monoisotopic (exact) mass is 287 g/mol. The highest BCUT2D eigenvalue weighted by Gasteiger charge is 2.13. The van der Waals surface area contributed by atoms with Crippen molar-refractivity contribution in [3.63, 3.8) is 0 Å². The molecule has 1 aromatic rings. The fraction of sp³-hybridized carbons (Fsp3) is 0.786. The van der Waals surface area contributed by atoms with Gasteiger partial charge in [-0.1, -0.05) is 24.9 Å². The molecule has 0 saturated heterocycles. The van der Waals surface area contributed by atoms with Gasteiger partial charge in [-0.05, 0) is 39.2 Å². The van der Waals surface area contributed by atoms with E-state index >= 15 is 0 Å². The molecule has 110 valence electrons. The Labute approximate surface area is 121 Å². The Balaban J connectivity index is 2.52. The Morgan fingerprint density at radius 1 is 1.37 bits per heavy atom. The number of aliphatic hydroxyl groups excluding tert-OH is 1. The van der Waals surface area contributed by atoms with Crippen LogP contribution in [0.2, 0.25) is 5.02 Å². The maximum absolute atomic E-state index is 9.05. The Kier molecular flexibility index (Phi) is 7.42. The van der Waals surface area contributed by atoms with Gasteiger partial charge in [-0.2, -0.15) is 5.10 Å². The van der Waals surface area contributed by atoms with Crippen molar-refractivity contribution in [1.29, 1.82) is 0 Å². The number of aliphatic hydroxyl groups is 1. The Bertz CT molecular complexity index is 373. The van der Waals surface area contributed by atoms with E-state index in [1.165, 1.54) is 0 Å². The summed E-state index contributed by atoms with van der Waals surface area (Å²) in [6, 6.07) is 0. The molecule has 4 nitrogen and oxygen atoms in total. The van der Waals surface area contributed by atoms with Gasteiger partial charge in [0.25, 0.3) is 0 Å². The number of hydrogen-bond acceptors (Lipinski definition) is 3. The molecule has 2 N–H and O–H groups in total. The van der Waals surface area contributed by atoms with Gasteiger partial charge in [0.2, 0.25) is 0 Å². The Morgan fingerprint density at radius 2 is 2.11 bits per heavy atom. The van der Waals surface area contributed by atoms with Crippen LogP contribution >= 0.6 is 11.6 Å². The number of hydrogen-bond donors (Lipinski definition) is 2. The molecule has 0 bridgehead atoms. The van der Waals surface area contributed by atoms with Gasteiger partial charge in [-0.15, -0.1) is 0 Å². The van der Waals surface area contributed by atoms with Crippen LogP contribution in [-0.2, 0) is 13.1 Å². The zero-order chi connectivity index (χ0) is 14.3. The number of nitrogens with zero attached hydrogens (tertiary/aromatic N) is 2. The van der Waals surface area contributed by atoms with Crippen molar-refractivity contribution in [3.8, 4) is 0 Å². The van der Waals surface area contributed by atoms with Crippen LogP contribution in [-0.4, -0.2) is 28.0 Å². The normalized spacial score (nSPS) is 12.9. The van der Waals surface area contributed by atoms with Crippen LogP contribution in [0.25, 0.3) is 0 Å². The molecule has 0 saturated carbocycles. The smallest absolute Gasteiger partial charge is 0.0860 e. The summed E-state index contributed by atoms with van der Waals surface area (Å²) in [5.41, 5.74) is 1.95. The van der Waals surface area contributed by atoms with Crippen molar-refractivity contribution >= 4 is 11.6 Å². The lowest BCUT2D eigenvalue weighted by molar-refractivity contribution is 0.247. The van der Waals surface area contributed by atoms with Crippen LogP contribution in [0.15, 0.2) is 0 Å². The van der Waals surface area contributed by atoms with Crippen LogP contribution in [0.4, 0.5) is 0 Å². The number of rotatable bonds is 9. The van der Waals surface area contributed by atoms with Gasteiger partial charge >= 0.3 is 0 Å². The topological polar surface area (TPSA) is 50.1 Å². The van der Waals surface area contributed by atoms with Gasteiger partial charge in [-0.25, -0.2) is 0 Å². The van der Waals surface area contributed by atoms with E-state index in [1.807, 2.05) is 11.6 Å². The first-order valence-corrected chi connectivity index (χ1v) is 7.55. The molecule has 0 aliphatic heterocycles. The zero-order valence-electron chi connectivity index (χ0n) is 12.2. The fourth-order valence-electron chi connectivity index (χ4n) is 2.37. The number of nitrogens with one attached hydrogen (secondary N) is 1. The molecular formula is C14H26ClN3O. The third-order valence-electron chi connectivity index (χ3n) is 3.41. The fourth-order valence-corrected chi connectivity index (χ4v) is 2.57. The van der Waals surface area contributed by atoms with Crippen molar-refractivity contribution < 1.29 is 5.11 Å². The minimum absolute atomic E-state index is 0.263. The summed E-state index contributed by atoms with van der Waals surface area (Å²) in [6.07, 6.45) is 3.16. The molecule has 0 spiro atoms. The van der Waals surface area contributed by atoms with Gasteiger partial charge in [0.15, 0.2) is 0 Å². The molecule has 0 aliphatic carbocycles. The van der Waals surface area contributed by atoms with Crippen LogP contribution in [0.3, 0.4) is 0 Å². The second kappa shape index (κ2) is 8.56. The predicted octanol–water partition coefficient (Wildman–Crippen LogP) is 2.75. The quantitative estimate of drug-likeness (QED) is 0.734. The molecule has 0 amide bonds. The summed E-state index contributed by atoms with van der Waals surface area (Å²) in [7, 11) is 0. The first-order valence-electron chi connectivity index (χ1n) is 7.17. The largest absolute Gasteiger partial charge is 0.396 e. The lowest BCUT2D eigenvalue weighted by atomic mass is 10.0. The third kappa shape index (κ3) is 4.79. The molecule has 1 aromatic heterocycles. The van der Waals surface area contributed by atoms with Crippen LogP contribution in [0, 0.1) is 12.8 Å². The van der Waals surface area contributed by atoms with Crippen molar-refractivity contribution in [1.82, 2.24) is 15.1 Å². The summed E-state index contributed by atoms with van der Waals surface area (Å²) >= 11 is 6.27. The highest BCUT2D eigenvalue weighted by molar-refractivity contribution is 6.31. The standard InChI is InChI=1S/C14H26ClN3O/c1-4-6-12(7-8-19)9-16-10-13-14(15)11(3)17-18(13)5-2/h12,16,19H,4-10H2,1-3H3. The van der Waals surface area contributed by atoms with E-state index in [4.69, 9.17) is 16.7 Å². The number of halogens is 1. The minimum atomic E-state index is 0.263. The lowest BCUT2D eigenvalue weighted by Gasteiger charge is -2.16. The second-order valence-electron chi connectivity index (χ2n) is 4.96. The maximum atomic E-state index is 9.05. The molecule has 5 heteroatoms. The van der Waals surface area contributed by atoms with Crippen molar-refractivity contribution in [2.75, 3.05) is 13.2 Å². The molecule has 0 aromatic carbocycles. The predicted molar refractivity (Wildman–Crippen MR) is 79.5 cm³/mol. The van der Waals surface area contributed by atoms with Gasteiger partial charge in [-0.3, -0.25) is 4.68 Å². The molecule has 0 radical (unpaired) electrons. The molecule has 1 atom stereocenters. The summed E-state index contributed by atoms with van der Waals surface area (Å²) in [5, 5.41) is 17.7. The van der Waals surface area contributed by atoms with Crippen molar-refractivity contribution in [2.24, 2.45) is 5.92 Å². The number of aryl methyl sites for hydroxylation is 2. The molecule has 0 aliphatic rings. The summed E-state index contributed by atoms with van der Waals surface area (Å²) in [5.74, 6) is 0.535. The van der Waals surface area contributed by atoms with E-state index in [-0.39, 0.29) is 6.61 Å². The lowest BCUT2D eigenvalue weighted by Crippen LogP contribution is -2.24. The SMILES string of the molecule is CCCC(CCO)CNCc1c(Cl)c(C)nn1CC.